The Hall–Kier alpha value is -2.82. The number of rotatable bonds is 4. The summed E-state index contributed by atoms with van der Waals surface area (Å²) in [6.07, 6.45) is 0.252. The standard InChI is InChI=1S/C22H20ClN3O3S/c1-28-16-7-8-19(20(9-16)29-2)25-12-26-21(27)10-17(14-3-5-15(23)6-4-14)18(11-24)22(26)30-13-25/h3-9,17H,10,12-13H2,1-2H3. The number of amides is 1. The molecule has 2 heterocycles. The van der Waals surface area contributed by atoms with Gasteiger partial charge in [0.2, 0.25) is 5.91 Å². The van der Waals surface area contributed by atoms with Gasteiger partial charge in [0.1, 0.15) is 11.5 Å². The fourth-order valence-electron chi connectivity index (χ4n) is 3.74. The minimum absolute atomic E-state index is 0.00590. The fraction of sp³-hybridized carbons (Fsp3) is 0.273. The Bertz CT molecular complexity index is 1050. The van der Waals surface area contributed by atoms with E-state index in [0.717, 1.165) is 16.3 Å². The summed E-state index contributed by atoms with van der Waals surface area (Å²) in [6.45, 7) is 0.363. The SMILES string of the molecule is COc1ccc(N2CSC3=C(C#N)C(c4ccc(Cl)cc4)CC(=O)N3C2)c(OC)c1. The number of carbonyl (C=O) groups excluding carboxylic acids is 1. The maximum absolute atomic E-state index is 13.0. The first-order chi connectivity index (χ1) is 14.5. The summed E-state index contributed by atoms with van der Waals surface area (Å²) in [5.41, 5.74) is 2.43. The molecule has 8 heteroatoms. The van der Waals surface area contributed by atoms with Crippen molar-refractivity contribution in [3.05, 3.63) is 63.7 Å². The molecule has 4 rings (SSSR count). The Morgan fingerprint density at radius 3 is 2.60 bits per heavy atom. The van der Waals surface area contributed by atoms with Crippen molar-refractivity contribution in [3.8, 4) is 17.6 Å². The maximum Gasteiger partial charge on any atom is 0.229 e. The Balaban J connectivity index is 1.65. The Morgan fingerprint density at radius 2 is 1.93 bits per heavy atom. The van der Waals surface area contributed by atoms with Crippen LogP contribution in [-0.4, -0.2) is 37.6 Å². The van der Waals surface area contributed by atoms with Crippen LogP contribution in [0.15, 0.2) is 53.1 Å². The van der Waals surface area contributed by atoms with E-state index in [0.29, 0.717) is 34.6 Å². The average Bonchev–Trinajstić information content (AvgIpc) is 2.79. The number of nitriles is 1. The molecule has 2 aliphatic heterocycles. The van der Waals surface area contributed by atoms with Gasteiger partial charge in [0.25, 0.3) is 0 Å². The van der Waals surface area contributed by atoms with Gasteiger partial charge in [-0.05, 0) is 29.8 Å². The summed E-state index contributed by atoms with van der Waals surface area (Å²) < 4.78 is 10.8. The third kappa shape index (κ3) is 3.69. The number of hydrogen-bond donors (Lipinski definition) is 0. The lowest BCUT2D eigenvalue weighted by molar-refractivity contribution is -0.129. The molecule has 2 aromatic rings. The Labute approximate surface area is 184 Å². The normalized spacial score (nSPS) is 18.7. The van der Waals surface area contributed by atoms with Crippen LogP contribution in [0.2, 0.25) is 5.02 Å². The minimum atomic E-state index is -0.249. The lowest BCUT2D eigenvalue weighted by atomic mass is 9.86. The van der Waals surface area contributed by atoms with Crippen LogP contribution in [0.3, 0.4) is 0 Å². The van der Waals surface area contributed by atoms with Gasteiger partial charge in [0, 0.05) is 23.4 Å². The van der Waals surface area contributed by atoms with Crippen molar-refractivity contribution in [2.45, 2.75) is 12.3 Å². The first kappa shape index (κ1) is 20.5. The molecule has 2 aromatic carbocycles. The van der Waals surface area contributed by atoms with Gasteiger partial charge >= 0.3 is 0 Å². The van der Waals surface area contributed by atoms with Crippen LogP contribution in [0.4, 0.5) is 5.69 Å². The second kappa shape index (κ2) is 8.50. The van der Waals surface area contributed by atoms with E-state index in [1.165, 1.54) is 11.8 Å². The van der Waals surface area contributed by atoms with Gasteiger partial charge in [0.05, 0.1) is 49.1 Å². The number of anilines is 1. The number of carbonyl (C=O) groups is 1. The smallest absolute Gasteiger partial charge is 0.229 e. The van der Waals surface area contributed by atoms with Crippen LogP contribution in [-0.2, 0) is 4.79 Å². The first-order valence-electron chi connectivity index (χ1n) is 9.35. The van der Waals surface area contributed by atoms with Crippen LogP contribution in [0.1, 0.15) is 17.9 Å². The highest BCUT2D eigenvalue weighted by atomic mass is 35.5. The average molecular weight is 442 g/mol. The van der Waals surface area contributed by atoms with Gasteiger partial charge in [-0.1, -0.05) is 35.5 Å². The number of methoxy groups -OCH3 is 2. The van der Waals surface area contributed by atoms with Gasteiger partial charge in [0.15, 0.2) is 0 Å². The molecule has 1 saturated heterocycles. The van der Waals surface area contributed by atoms with Crippen molar-refractivity contribution in [1.29, 1.82) is 5.26 Å². The molecule has 0 aromatic heterocycles. The van der Waals surface area contributed by atoms with E-state index in [1.807, 2.05) is 30.3 Å². The third-order valence-corrected chi connectivity index (χ3v) is 6.70. The molecule has 1 atom stereocenters. The van der Waals surface area contributed by atoms with E-state index in [2.05, 4.69) is 11.0 Å². The van der Waals surface area contributed by atoms with Gasteiger partial charge in [-0.25, -0.2) is 0 Å². The molecule has 0 spiro atoms. The van der Waals surface area contributed by atoms with Crippen molar-refractivity contribution in [2.24, 2.45) is 0 Å². The highest BCUT2D eigenvalue weighted by molar-refractivity contribution is 8.03. The number of nitrogens with zero attached hydrogens (tertiary/aromatic N) is 3. The molecule has 6 nitrogen and oxygen atoms in total. The molecule has 0 N–H and O–H groups in total. The van der Waals surface area contributed by atoms with Gasteiger partial charge < -0.3 is 14.4 Å². The maximum atomic E-state index is 13.0. The van der Waals surface area contributed by atoms with Gasteiger partial charge in [-0.2, -0.15) is 5.26 Å². The number of fused-ring (bicyclic) bond motifs is 1. The van der Waals surface area contributed by atoms with Crippen LogP contribution in [0.5, 0.6) is 11.5 Å². The minimum Gasteiger partial charge on any atom is -0.497 e. The van der Waals surface area contributed by atoms with E-state index >= 15 is 0 Å². The second-order valence-corrected chi connectivity index (χ2v) is 8.32. The van der Waals surface area contributed by atoms with Crippen LogP contribution in [0.25, 0.3) is 0 Å². The van der Waals surface area contributed by atoms with Crippen LogP contribution < -0.4 is 14.4 Å². The molecule has 30 heavy (non-hydrogen) atoms. The predicted molar refractivity (Wildman–Crippen MR) is 118 cm³/mol. The number of allylic oxidation sites excluding steroid dienone is 1. The molecule has 0 bridgehead atoms. The van der Waals surface area contributed by atoms with Crippen molar-refractivity contribution in [2.75, 3.05) is 31.7 Å². The summed E-state index contributed by atoms with van der Waals surface area (Å²) >= 11 is 7.49. The summed E-state index contributed by atoms with van der Waals surface area (Å²) in [7, 11) is 3.21. The fourth-order valence-corrected chi connectivity index (χ4v) is 5.02. The number of benzene rings is 2. The molecular formula is C22H20ClN3O3S. The van der Waals surface area contributed by atoms with E-state index in [9.17, 15) is 10.1 Å². The number of hydrogen-bond acceptors (Lipinski definition) is 6. The van der Waals surface area contributed by atoms with Crippen LogP contribution in [0, 0.1) is 11.3 Å². The number of halogens is 1. The molecule has 1 amide bonds. The molecule has 0 saturated carbocycles. The highest BCUT2D eigenvalue weighted by Gasteiger charge is 2.38. The summed E-state index contributed by atoms with van der Waals surface area (Å²) in [5.74, 6) is 1.72. The molecule has 1 unspecified atom stereocenters. The lowest BCUT2D eigenvalue weighted by Crippen LogP contribution is -2.47. The van der Waals surface area contributed by atoms with Crippen molar-refractivity contribution < 1.29 is 14.3 Å². The number of thioether (sulfide) groups is 1. The summed E-state index contributed by atoms with van der Waals surface area (Å²) in [5, 5.41) is 11.3. The topological polar surface area (TPSA) is 65.8 Å². The summed E-state index contributed by atoms with van der Waals surface area (Å²) in [6, 6.07) is 15.3. The zero-order valence-corrected chi connectivity index (χ0v) is 18.2. The molecule has 2 aliphatic rings. The molecule has 0 aliphatic carbocycles. The van der Waals surface area contributed by atoms with Crippen LogP contribution >= 0.6 is 23.4 Å². The zero-order valence-electron chi connectivity index (χ0n) is 16.6. The van der Waals surface area contributed by atoms with Crippen molar-refractivity contribution in [1.82, 2.24) is 4.90 Å². The predicted octanol–water partition coefficient (Wildman–Crippen LogP) is 4.58. The first-order valence-corrected chi connectivity index (χ1v) is 10.7. The lowest BCUT2D eigenvalue weighted by Gasteiger charge is -2.42. The van der Waals surface area contributed by atoms with E-state index in [1.54, 1.807) is 31.3 Å². The summed E-state index contributed by atoms with van der Waals surface area (Å²) in [4.78, 5) is 16.8. The molecular weight excluding hydrogens is 422 g/mol. The van der Waals surface area contributed by atoms with E-state index in [-0.39, 0.29) is 18.2 Å². The molecule has 1 fully saturated rings. The van der Waals surface area contributed by atoms with Crippen molar-refractivity contribution >= 4 is 35.0 Å². The van der Waals surface area contributed by atoms with E-state index in [4.69, 9.17) is 21.1 Å². The monoisotopic (exact) mass is 441 g/mol. The largest absolute Gasteiger partial charge is 0.497 e. The quantitative estimate of drug-likeness (QED) is 0.692. The Morgan fingerprint density at radius 1 is 1.17 bits per heavy atom. The van der Waals surface area contributed by atoms with E-state index < -0.39 is 0 Å². The molecule has 0 radical (unpaired) electrons. The van der Waals surface area contributed by atoms with Gasteiger partial charge in [-0.15, -0.1) is 0 Å². The molecule has 154 valence electrons. The zero-order chi connectivity index (χ0) is 21.3. The third-order valence-electron chi connectivity index (χ3n) is 5.29. The second-order valence-electron chi connectivity index (χ2n) is 6.95. The highest BCUT2D eigenvalue weighted by Crippen LogP contribution is 2.44. The Kier molecular flexibility index (Phi) is 5.80. The van der Waals surface area contributed by atoms with Gasteiger partial charge in [-0.3, -0.25) is 9.69 Å². The van der Waals surface area contributed by atoms with Crippen molar-refractivity contribution in [3.63, 3.8) is 0 Å². The number of ether oxygens (including phenoxy) is 2.